The van der Waals surface area contributed by atoms with E-state index < -0.39 is 5.97 Å². The molecule has 0 saturated carbocycles. The summed E-state index contributed by atoms with van der Waals surface area (Å²) in [5.41, 5.74) is 1.93. The maximum Gasteiger partial charge on any atom is 0.314 e. The van der Waals surface area contributed by atoms with Gasteiger partial charge in [-0.25, -0.2) is 9.37 Å². The second-order valence-corrected chi connectivity index (χ2v) is 5.64. The maximum atomic E-state index is 13.5. The van der Waals surface area contributed by atoms with Crippen LogP contribution in [0.1, 0.15) is 0 Å². The number of halogens is 1. The van der Waals surface area contributed by atoms with Crippen LogP contribution in [0.3, 0.4) is 0 Å². The molecule has 0 saturated heterocycles. The van der Waals surface area contributed by atoms with E-state index in [9.17, 15) is 9.18 Å². The molecule has 0 radical (unpaired) electrons. The lowest BCUT2D eigenvalue weighted by Crippen LogP contribution is -1.97. The van der Waals surface area contributed by atoms with Crippen LogP contribution in [0.4, 0.5) is 4.39 Å². The Labute approximate surface area is 136 Å². The minimum Gasteiger partial charge on any atom is -0.481 e. The monoisotopic (exact) mass is 329 g/mol. The summed E-state index contributed by atoms with van der Waals surface area (Å²) in [6, 6.07) is 15.4. The van der Waals surface area contributed by atoms with Gasteiger partial charge in [-0.3, -0.25) is 4.79 Å². The molecule has 116 valence electrons. The van der Waals surface area contributed by atoms with Crippen LogP contribution in [-0.4, -0.2) is 21.8 Å². The first-order valence-electron chi connectivity index (χ1n) is 6.80. The van der Waals surface area contributed by atoms with Crippen molar-refractivity contribution in [3.05, 3.63) is 60.4 Å². The number of carbonyl (C=O) groups is 1. The standard InChI is InChI=1S/C17H12FNO3S/c18-13-8-4-7-12(9-13)16-15(11-5-2-1-3-6-11)19-17(22-16)23-10-14(20)21/h1-9H,10H2,(H,20,21). The highest BCUT2D eigenvalue weighted by Crippen LogP contribution is 2.35. The van der Waals surface area contributed by atoms with E-state index in [0.717, 1.165) is 17.3 Å². The molecule has 0 unspecified atom stereocenters. The topological polar surface area (TPSA) is 63.3 Å². The van der Waals surface area contributed by atoms with E-state index in [4.69, 9.17) is 9.52 Å². The Bertz CT molecular complexity index is 833. The van der Waals surface area contributed by atoms with Crippen molar-refractivity contribution in [1.29, 1.82) is 0 Å². The van der Waals surface area contributed by atoms with Gasteiger partial charge in [-0.15, -0.1) is 0 Å². The Hall–Kier alpha value is -2.60. The molecule has 1 N–H and O–H groups in total. The highest BCUT2D eigenvalue weighted by molar-refractivity contribution is 7.99. The molecule has 3 rings (SSSR count). The summed E-state index contributed by atoms with van der Waals surface area (Å²) in [5, 5.41) is 9.02. The van der Waals surface area contributed by atoms with Gasteiger partial charge >= 0.3 is 5.97 Å². The first kappa shape index (κ1) is 15.3. The molecular weight excluding hydrogens is 317 g/mol. The summed E-state index contributed by atoms with van der Waals surface area (Å²) in [4.78, 5) is 15.1. The summed E-state index contributed by atoms with van der Waals surface area (Å²) < 4.78 is 19.2. The van der Waals surface area contributed by atoms with Crippen molar-refractivity contribution in [1.82, 2.24) is 4.98 Å². The minimum absolute atomic E-state index is 0.155. The molecule has 1 heterocycles. The zero-order valence-electron chi connectivity index (χ0n) is 11.9. The van der Waals surface area contributed by atoms with E-state index in [0.29, 0.717) is 17.0 Å². The number of aromatic nitrogens is 1. The highest BCUT2D eigenvalue weighted by atomic mass is 32.2. The predicted octanol–water partition coefficient (Wildman–Crippen LogP) is 4.32. The summed E-state index contributed by atoms with van der Waals surface area (Å²) in [7, 11) is 0. The van der Waals surface area contributed by atoms with E-state index in [1.807, 2.05) is 30.3 Å². The zero-order chi connectivity index (χ0) is 16.2. The van der Waals surface area contributed by atoms with Gasteiger partial charge in [-0.2, -0.15) is 0 Å². The van der Waals surface area contributed by atoms with Crippen LogP contribution in [0.15, 0.2) is 64.2 Å². The number of hydrogen-bond donors (Lipinski definition) is 1. The molecule has 0 amide bonds. The van der Waals surface area contributed by atoms with Crippen LogP contribution in [0.25, 0.3) is 22.6 Å². The largest absolute Gasteiger partial charge is 0.481 e. The van der Waals surface area contributed by atoms with E-state index in [1.165, 1.54) is 12.1 Å². The molecule has 0 fully saturated rings. The van der Waals surface area contributed by atoms with E-state index in [-0.39, 0.29) is 16.8 Å². The van der Waals surface area contributed by atoms with Gasteiger partial charge in [0.2, 0.25) is 0 Å². The van der Waals surface area contributed by atoms with Gasteiger partial charge in [0.25, 0.3) is 5.22 Å². The lowest BCUT2D eigenvalue weighted by atomic mass is 10.1. The van der Waals surface area contributed by atoms with E-state index in [1.54, 1.807) is 12.1 Å². The molecule has 0 aliphatic carbocycles. The van der Waals surface area contributed by atoms with Gasteiger partial charge < -0.3 is 9.52 Å². The average molecular weight is 329 g/mol. The van der Waals surface area contributed by atoms with Crippen molar-refractivity contribution < 1.29 is 18.7 Å². The SMILES string of the molecule is O=C(O)CSc1nc(-c2ccccc2)c(-c2cccc(F)c2)o1. The zero-order valence-corrected chi connectivity index (χ0v) is 12.7. The smallest absolute Gasteiger partial charge is 0.314 e. The van der Waals surface area contributed by atoms with Gasteiger partial charge in [0.15, 0.2) is 5.76 Å². The van der Waals surface area contributed by atoms with Crippen LogP contribution in [0.5, 0.6) is 0 Å². The number of oxazole rings is 1. The quantitative estimate of drug-likeness (QED) is 0.706. The predicted molar refractivity (Wildman–Crippen MR) is 85.7 cm³/mol. The Morgan fingerprint density at radius 3 is 2.57 bits per heavy atom. The third kappa shape index (κ3) is 3.60. The molecule has 6 heteroatoms. The van der Waals surface area contributed by atoms with E-state index in [2.05, 4.69) is 4.98 Å². The molecule has 4 nitrogen and oxygen atoms in total. The molecule has 3 aromatic rings. The number of rotatable bonds is 5. The van der Waals surface area contributed by atoms with Gasteiger partial charge in [0, 0.05) is 11.1 Å². The number of nitrogens with zero attached hydrogens (tertiary/aromatic N) is 1. The number of thioether (sulfide) groups is 1. The van der Waals surface area contributed by atoms with Crippen LogP contribution in [-0.2, 0) is 4.79 Å². The molecule has 1 aromatic heterocycles. The Kier molecular flexibility index (Phi) is 4.43. The van der Waals surface area contributed by atoms with Gasteiger partial charge in [-0.1, -0.05) is 54.2 Å². The fourth-order valence-corrected chi connectivity index (χ4v) is 2.65. The summed E-state index contributed by atoms with van der Waals surface area (Å²) in [6.07, 6.45) is 0. The number of benzene rings is 2. The van der Waals surface area contributed by atoms with Crippen molar-refractivity contribution in [2.45, 2.75) is 5.22 Å². The Morgan fingerprint density at radius 1 is 1.13 bits per heavy atom. The summed E-state index contributed by atoms with van der Waals surface area (Å²) >= 11 is 0.986. The van der Waals surface area contributed by atoms with Crippen molar-refractivity contribution >= 4 is 17.7 Å². The van der Waals surface area contributed by atoms with Gasteiger partial charge in [-0.05, 0) is 12.1 Å². The van der Waals surface area contributed by atoms with Crippen molar-refractivity contribution in [2.24, 2.45) is 0 Å². The minimum atomic E-state index is -0.957. The summed E-state index contributed by atoms with van der Waals surface area (Å²) in [5.74, 6) is -1.07. The van der Waals surface area contributed by atoms with Gasteiger partial charge in [0.1, 0.15) is 17.3 Å². The third-order valence-corrected chi connectivity index (χ3v) is 3.87. The maximum absolute atomic E-state index is 13.5. The number of aliphatic carboxylic acids is 1. The first-order valence-corrected chi connectivity index (χ1v) is 7.79. The molecule has 2 aromatic carbocycles. The van der Waals surface area contributed by atoms with Crippen LogP contribution < -0.4 is 0 Å². The normalized spacial score (nSPS) is 10.7. The average Bonchev–Trinajstić information content (AvgIpc) is 2.98. The third-order valence-electron chi connectivity index (χ3n) is 3.06. The van der Waals surface area contributed by atoms with Gasteiger partial charge in [0.05, 0.1) is 0 Å². The lowest BCUT2D eigenvalue weighted by molar-refractivity contribution is -0.133. The fraction of sp³-hybridized carbons (Fsp3) is 0.0588. The highest BCUT2D eigenvalue weighted by Gasteiger charge is 2.18. The molecule has 0 bridgehead atoms. The van der Waals surface area contributed by atoms with Crippen molar-refractivity contribution in [2.75, 3.05) is 5.75 Å². The van der Waals surface area contributed by atoms with Crippen molar-refractivity contribution in [3.8, 4) is 22.6 Å². The summed E-state index contributed by atoms with van der Waals surface area (Å²) in [6.45, 7) is 0. The lowest BCUT2D eigenvalue weighted by Gasteiger charge is -2.01. The number of carboxylic acids is 1. The first-order chi connectivity index (χ1) is 11.1. The van der Waals surface area contributed by atoms with Crippen LogP contribution >= 0.6 is 11.8 Å². The number of hydrogen-bond acceptors (Lipinski definition) is 4. The van der Waals surface area contributed by atoms with Crippen molar-refractivity contribution in [3.63, 3.8) is 0 Å². The van der Waals surface area contributed by atoms with E-state index >= 15 is 0 Å². The second kappa shape index (κ2) is 6.66. The second-order valence-electron chi connectivity index (χ2n) is 4.72. The molecule has 0 spiro atoms. The van der Waals surface area contributed by atoms with Crippen LogP contribution in [0.2, 0.25) is 0 Å². The molecule has 23 heavy (non-hydrogen) atoms. The fourth-order valence-electron chi connectivity index (χ4n) is 2.10. The number of carboxylic acid groups (broad SMARTS) is 1. The Balaban J connectivity index is 2.07. The molecular formula is C17H12FNO3S. The molecule has 0 aliphatic heterocycles. The Morgan fingerprint density at radius 2 is 1.87 bits per heavy atom. The molecule has 0 atom stereocenters. The van der Waals surface area contributed by atoms with Crippen LogP contribution in [0, 0.1) is 5.82 Å². The molecule has 0 aliphatic rings.